The molecule has 2 N–H and O–H groups in total. The number of hydrogen-bond acceptors (Lipinski definition) is 3. The highest BCUT2D eigenvalue weighted by Crippen LogP contribution is 2.30. The van der Waals surface area contributed by atoms with Gasteiger partial charge in [-0.3, -0.25) is 4.90 Å². The Morgan fingerprint density at radius 3 is 2.58 bits per heavy atom. The molecular weight excluding hydrogens is 302 g/mol. The molecule has 0 heterocycles. The summed E-state index contributed by atoms with van der Waals surface area (Å²) in [4.78, 5) is 2.29. The number of halogens is 1. The molecule has 19 heavy (non-hydrogen) atoms. The minimum Gasteiger partial charge on any atom is -0.326 e. The lowest BCUT2D eigenvalue weighted by atomic mass is 9.96. The molecule has 1 aromatic carbocycles. The van der Waals surface area contributed by atoms with Gasteiger partial charge < -0.3 is 5.73 Å². The van der Waals surface area contributed by atoms with Gasteiger partial charge in [0.05, 0.1) is 12.1 Å². The second-order valence-electron chi connectivity index (χ2n) is 4.58. The van der Waals surface area contributed by atoms with Crippen LogP contribution in [0.25, 0.3) is 0 Å². The lowest BCUT2D eigenvalue weighted by Gasteiger charge is -2.35. The summed E-state index contributed by atoms with van der Waals surface area (Å²) in [5, 5.41) is 8.80. The molecule has 4 heteroatoms. The Morgan fingerprint density at radius 2 is 2.05 bits per heavy atom. The molecule has 2 atom stereocenters. The van der Waals surface area contributed by atoms with Crippen LogP contribution in [0.3, 0.4) is 0 Å². The lowest BCUT2D eigenvalue weighted by molar-refractivity contribution is 0.181. The second-order valence-corrected chi connectivity index (χ2v) is 5.43. The molecule has 0 saturated carbocycles. The normalized spacial score (nSPS) is 14.1. The van der Waals surface area contributed by atoms with Gasteiger partial charge in [-0.15, -0.1) is 0 Å². The molecule has 3 nitrogen and oxygen atoms in total. The van der Waals surface area contributed by atoms with Gasteiger partial charge in [0.25, 0.3) is 0 Å². The van der Waals surface area contributed by atoms with Crippen molar-refractivity contribution >= 4 is 15.9 Å². The monoisotopic (exact) mass is 323 g/mol. The average molecular weight is 324 g/mol. The highest BCUT2D eigenvalue weighted by molar-refractivity contribution is 9.10. The van der Waals surface area contributed by atoms with Gasteiger partial charge in [0.15, 0.2) is 0 Å². The van der Waals surface area contributed by atoms with Gasteiger partial charge in [0, 0.05) is 23.5 Å². The van der Waals surface area contributed by atoms with E-state index >= 15 is 0 Å². The maximum Gasteiger partial charge on any atom is 0.0635 e. The first-order valence-corrected chi connectivity index (χ1v) is 7.55. The molecule has 0 saturated heterocycles. The smallest absolute Gasteiger partial charge is 0.0635 e. The molecule has 2 unspecified atom stereocenters. The van der Waals surface area contributed by atoms with Gasteiger partial charge in [0.2, 0.25) is 0 Å². The number of nitriles is 1. The van der Waals surface area contributed by atoms with Crippen LogP contribution in [0.4, 0.5) is 0 Å². The Kier molecular flexibility index (Phi) is 7.07. The minimum absolute atomic E-state index is 0.0670. The van der Waals surface area contributed by atoms with Crippen molar-refractivity contribution < 1.29 is 0 Å². The highest BCUT2D eigenvalue weighted by atomic mass is 79.9. The van der Waals surface area contributed by atoms with Gasteiger partial charge in [0.1, 0.15) is 0 Å². The van der Waals surface area contributed by atoms with Crippen LogP contribution >= 0.6 is 15.9 Å². The Labute approximate surface area is 124 Å². The minimum atomic E-state index is 0.0670. The summed E-state index contributed by atoms with van der Waals surface area (Å²) in [5.41, 5.74) is 7.53. The Balaban J connectivity index is 3.07. The van der Waals surface area contributed by atoms with Crippen molar-refractivity contribution in [2.24, 2.45) is 5.73 Å². The molecule has 1 aromatic rings. The van der Waals surface area contributed by atoms with Crippen LogP contribution in [-0.4, -0.2) is 24.0 Å². The molecule has 0 bridgehead atoms. The molecule has 0 aliphatic heterocycles. The second kappa shape index (κ2) is 8.31. The van der Waals surface area contributed by atoms with E-state index in [-0.39, 0.29) is 12.1 Å². The Bertz CT molecular complexity index is 428. The van der Waals surface area contributed by atoms with Gasteiger partial charge in [-0.2, -0.15) is 5.26 Å². The average Bonchev–Trinajstić information content (AvgIpc) is 2.44. The summed E-state index contributed by atoms with van der Waals surface area (Å²) < 4.78 is 1.08. The van der Waals surface area contributed by atoms with Crippen LogP contribution < -0.4 is 5.73 Å². The van der Waals surface area contributed by atoms with Crippen molar-refractivity contribution in [3.8, 4) is 6.07 Å². The van der Waals surface area contributed by atoms with E-state index in [4.69, 9.17) is 11.0 Å². The third kappa shape index (κ3) is 4.31. The lowest BCUT2D eigenvalue weighted by Crippen LogP contribution is -2.41. The van der Waals surface area contributed by atoms with Crippen molar-refractivity contribution in [1.82, 2.24) is 4.90 Å². The standard InChI is InChI=1S/C15H22BrN3/c1-3-14(18)15(19(4-2)11-7-10-17)12-8-5-6-9-13(12)16/h5-6,8-9,14-15H,3-4,7,11,18H2,1-2H3. The van der Waals surface area contributed by atoms with E-state index in [1.165, 1.54) is 5.56 Å². The van der Waals surface area contributed by atoms with Crippen molar-refractivity contribution in [2.45, 2.75) is 38.8 Å². The molecule has 104 valence electrons. The van der Waals surface area contributed by atoms with Crippen LogP contribution in [-0.2, 0) is 0 Å². The van der Waals surface area contributed by atoms with E-state index < -0.39 is 0 Å². The molecule has 0 radical (unpaired) electrons. The van der Waals surface area contributed by atoms with E-state index in [9.17, 15) is 0 Å². The van der Waals surface area contributed by atoms with Gasteiger partial charge >= 0.3 is 0 Å². The fourth-order valence-electron chi connectivity index (χ4n) is 2.32. The quantitative estimate of drug-likeness (QED) is 0.835. The zero-order valence-corrected chi connectivity index (χ0v) is 13.2. The first-order chi connectivity index (χ1) is 9.15. The summed E-state index contributed by atoms with van der Waals surface area (Å²) in [6.07, 6.45) is 1.44. The third-order valence-electron chi connectivity index (χ3n) is 3.41. The molecule has 0 spiro atoms. The SMILES string of the molecule is CCC(N)C(c1ccccc1Br)N(CC)CCC#N. The summed E-state index contributed by atoms with van der Waals surface area (Å²) in [6.45, 7) is 5.87. The van der Waals surface area contributed by atoms with E-state index in [0.29, 0.717) is 6.42 Å². The number of benzene rings is 1. The maximum absolute atomic E-state index is 8.80. The van der Waals surface area contributed by atoms with E-state index in [1.54, 1.807) is 0 Å². The molecule has 0 aliphatic rings. The van der Waals surface area contributed by atoms with Crippen molar-refractivity contribution in [1.29, 1.82) is 5.26 Å². The summed E-state index contributed by atoms with van der Waals surface area (Å²) in [5.74, 6) is 0. The number of nitrogens with two attached hydrogens (primary N) is 1. The van der Waals surface area contributed by atoms with Crippen LogP contribution in [0.1, 0.15) is 38.3 Å². The summed E-state index contributed by atoms with van der Waals surface area (Å²) in [6, 6.07) is 10.6. The molecule has 1 rings (SSSR count). The fraction of sp³-hybridized carbons (Fsp3) is 0.533. The van der Waals surface area contributed by atoms with E-state index in [1.807, 2.05) is 18.2 Å². The van der Waals surface area contributed by atoms with Crippen LogP contribution in [0.2, 0.25) is 0 Å². The Morgan fingerprint density at radius 1 is 1.37 bits per heavy atom. The van der Waals surface area contributed by atoms with Gasteiger partial charge in [-0.25, -0.2) is 0 Å². The van der Waals surface area contributed by atoms with Crippen molar-refractivity contribution in [3.05, 3.63) is 34.3 Å². The van der Waals surface area contributed by atoms with Crippen LogP contribution in [0.15, 0.2) is 28.7 Å². The number of rotatable bonds is 7. The van der Waals surface area contributed by atoms with Gasteiger partial charge in [-0.05, 0) is 24.6 Å². The number of nitrogens with zero attached hydrogens (tertiary/aromatic N) is 2. The molecule has 0 fully saturated rings. The molecule has 0 amide bonds. The van der Waals surface area contributed by atoms with Crippen molar-refractivity contribution in [3.63, 3.8) is 0 Å². The van der Waals surface area contributed by atoms with Crippen LogP contribution in [0, 0.1) is 11.3 Å². The highest BCUT2D eigenvalue weighted by Gasteiger charge is 2.25. The molecular formula is C15H22BrN3. The van der Waals surface area contributed by atoms with E-state index in [0.717, 1.165) is 24.0 Å². The first kappa shape index (κ1) is 16.2. The summed E-state index contributed by atoms with van der Waals surface area (Å²) in [7, 11) is 0. The molecule has 0 aliphatic carbocycles. The predicted octanol–water partition coefficient (Wildman–Crippen LogP) is 3.46. The van der Waals surface area contributed by atoms with Gasteiger partial charge in [-0.1, -0.05) is 48.0 Å². The third-order valence-corrected chi connectivity index (χ3v) is 4.13. The topological polar surface area (TPSA) is 53.0 Å². The zero-order chi connectivity index (χ0) is 14.3. The largest absolute Gasteiger partial charge is 0.326 e. The van der Waals surface area contributed by atoms with Crippen molar-refractivity contribution in [2.75, 3.05) is 13.1 Å². The number of hydrogen-bond donors (Lipinski definition) is 1. The van der Waals surface area contributed by atoms with Crippen LogP contribution in [0.5, 0.6) is 0 Å². The fourth-order valence-corrected chi connectivity index (χ4v) is 2.84. The molecule has 0 aromatic heterocycles. The Hall–Kier alpha value is -0.890. The number of likely N-dealkylation sites (N-methyl/N-ethyl adjacent to an activating group) is 1. The maximum atomic E-state index is 8.80. The van der Waals surface area contributed by atoms with E-state index in [2.05, 4.69) is 46.8 Å². The predicted molar refractivity (Wildman–Crippen MR) is 82.6 cm³/mol. The zero-order valence-electron chi connectivity index (χ0n) is 11.6. The summed E-state index contributed by atoms with van der Waals surface area (Å²) >= 11 is 3.61. The first-order valence-electron chi connectivity index (χ1n) is 6.76.